The Kier molecular flexibility index (Phi) is 3.89. The first-order valence-electron chi connectivity index (χ1n) is 7.89. The zero-order valence-corrected chi connectivity index (χ0v) is 14.0. The van der Waals surface area contributed by atoms with Gasteiger partial charge in [0.15, 0.2) is 0 Å². The van der Waals surface area contributed by atoms with E-state index in [0.717, 1.165) is 25.8 Å². The second-order valence-electron chi connectivity index (χ2n) is 6.02. The monoisotopic (exact) mass is 329 g/mol. The molecule has 4 rings (SSSR count). The Morgan fingerprint density at radius 1 is 1.27 bits per heavy atom. The van der Waals surface area contributed by atoms with E-state index in [1.54, 1.807) is 11.3 Å². The van der Waals surface area contributed by atoms with Crippen LogP contribution >= 0.6 is 22.7 Å². The number of rotatable bonds is 3. The van der Waals surface area contributed by atoms with Gasteiger partial charge in [0, 0.05) is 22.7 Å². The molecule has 2 aliphatic rings. The molecular weight excluding hydrogens is 310 g/mol. The lowest BCUT2D eigenvalue weighted by Crippen LogP contribution is -2.40. The molecule has 0 saturated heterocycles. The third-order valence-corrected chi connectivity index (χ3v) is 6.57. The van der Waals surface area contributed by atoms with E-state index in [-0.39, 0.29) is 6.04 Å². The van der Waals surface area contributed by atoms with Crippen LogP contribution in [0.25, 0.3) is 0 Å². The fraction of sp³-hybridized carbons (Fsp3) is 0.389. The topological polar surface area (TPSA) is 20.3 Å². The zero-order chi connectivity index (χ0) is 14.9. The summed E-state index contributed by atoms with van der Waals surface area (Å²) in [6, 6.07) is 6.59. The Morgan fingerprint density at radius 3 is 3.00 bits per heavy atom. The number of allylic oxidation sites excluding steroid dienone is 2. The van der Waals surface area contributed by atoms with E-state index >= 15 is 0 Å². The average molecular weight is 329 g/mol. The number of fused-ring (bicyclic) bond motifs is 1. The first kappa shape index (κ1) is 14.2. The van der Waals surface area contributed by atoms with Crippen molar-refractivity contribution < 1.29 is 4.79 Å². The van der Waals surface area contributed by atoms with Crippen molar-refractivity contribution in [3.63, 3.8) is 0 Å². The third-order valence-electron chi connectivity index (χ3n) is 4.65. The molecule has 0 radical (unpaired) electrons. The Bertz CT molecular complexity index is 686. The molecule has 0 spiro atoms. The van der Waals surface area contributed by atoms with E-state index in [9.17, 15) is 4.79 Å². The summed E-state index contributed by atoms with van der Waals surface area (Å²) in [4.78, 5) is 17.7. The number of nitrogens with zero attached hydrogens (tertiary/aromatic N) is 1. The maximum atomic E-state index is 12.9. The summed E-state index contributed by atoms with van der Waals surface area (Å²) >= 11 is 3.59. The van der Waals surface area contributed by atoms with Gasteiger partial charge in [0.25, 0.3) is 0 Å². The molecule has 1 aliphatic heterocycles. The van der Waals surface area contributed by atoms with Crippen LogP contribution < -0.4 is 0 Å². The molecule has 1 amide bonds. The van der Waals surface area contributed by atoms with E-state index in [4.69, 9.17) is 0 Å². The van der Waals surface area contributed by atoms with Crippen molar-refractivity contribution in [1.29, 1.82) is 0 Å². The lowest BCUT2D eigenvalue weighted by Gasteiger charge is -2.36. The molecule has 2 atom stereocenters. The van der Waals surface area contributed by atoms with Crippen molar-refractivity contribution in [1.82, 2.24) is 4.90 Å². The number of carbonyl (C=O) groups is 1. The van der Waals surface area contributed by atoms with Crippen LogP contribution in [0, 0.1) is 5.92 Å². The summed E-state index contributed by atoms with van der Waals surface area (Å²) in [6.45, 7) is 0.853. The standard InChI is InChI=1S/C18H19NOS2/c20-17(12-13-4-1-2-5-13)19-9-7-15-14(8-11-22-15)18(19)16-6-3-10-21-16/h1,3-4,6,8,10-11,13,18H,2,5,7,9,12H2/t13-,18-/m0/s1. The molecular formula is C18H19NOS2. The van der Waals surface area contributed by atoms with E-state index in [1.165, 1.54) is 15.3 Å². The predicted molar refractivity (Wildman–Crippen MR) is 92.4 cm³/mol. The molecule has 0 fully saturated rings. The molecule has 0 saturated carbocycles. The highest BCUT2D eigenvalue weighted by molar-refractivity contribution is 7.10. The smallest absolute Gasteiger partial charge is 0.223 e. The summed E-state index contributed by atoms with van der Waals surface area (Å²) < 4.78 is 0. The van der Waals surface area contributed by atoms with Crippen molar-refractivity contribution in [2.24, 2.45) is 5.92 Å². The van der Waals surface area contributed by atoms with Crippen LogP contribution in [0.2, 0.25) is 0 Å². The van der Waals surface area contributed by atoms with Gasteiger partial charge in [-0.25, -0.2) is 0 Å². The highest BCUT2D eigenvalue weighted by Gasteiger charge is 2.33. The van der Waals surface area contributed by atoms with Gasteiger partial charge in [-0.15, -0.1) is 22.7 Å². The minimum Gasteiger partial charge on any atom is -0.330 e. The molecule has 22 heavy (non-hydrogen) atoms. The van der Waals surface area contributed by atoms with Crippen LogP contribution in [0.5, 0.6) is 0 Å². The molecule has 2 aromatic rings. The van der Waals surface area contributed by atoms with Gasteiger partial charge in [-0.3, -0.25) is 4.79 Å². The summed E-state index contributed by atoms with van der Waals surface area (Å²) in [5.41, 5.74) is 1.34. The van der Waals surface area contributed by atoms with Crippen molar-refractivity contribution in [3.8, 4) is 0 Å². The normalized spacial score (nSPS) is 23.7. The van der Waals surface area contributed by atoms with E-state index in [1.807, 2.05) is 11.3 Å². The van der Waals surface area contributed by atoms with Crippen LogP contribution in [0.3, 0.4) is 0 Å². The van der Waals surface area contributed by atoms with Crippen molar-refractivity contribution >= 4 is 28.6 Å². The SMILES string of the molecule is O=C(C[C@H]1C=CCC1)N1CCc2sccc2[C@H]1c1cccs1. The summed E-state index contributed by atoms with van der Waals surface area (Å²) in [5.74, 6) is 0.757. The maximum absolute atomic E-state index is 12.9. The maximum Gasteiger partial charge on any atom is 0.223 e. The van der Waals surface area contributed by atoms with Gasteiger partial charge in [-0.2, -0.15) is 0 Å². The lowest BCUT2D eigenvalue weighted by molar-refractivity contribution is -0.133. The minimum absolute atomic E-state index is 0.132. The van der Waals surface area contributed by atoms with Gasteiger partial charge in [-0.05, 0) is 53.6 Å². The molecule has 114 valence electrons. The first-order valence-corrected chi connectivity index (χ1v) is 9.64. The number of thiophene rings is 2. The fourth-order valence-corrected chi connectivity index (χ4v) is 5.30. The van der Waals surface area contributed by atoms with Gasteiger partial charge in [-0.1, -0.05) is 18.2 Å². The molecule has 2 aromatic heterocycles. The van der Waals surface area contributed by atoms with E-state index < -0.39 is 0 Å². The minimum atomic E-state index is 0.132. The second-order valence-corrected chi connectivity index (χ2v) is 8.00. The number of amides is 1. The Morgan fingerprint density at radius 2 is 2.23 bits per heavy atom. The lowest BCUT2D eigenvalue weighted by atomic mass is 9.96. The Labute approximate surface area is 139 Å². The Hall–Kier alpha value is -1.39. The molecule has 0 unspecified atom stereocenters. The van der Waals surface area contributed by atoms with Gasteiger partial charge in [0.05, 0.1) is 6.04 Å². The molecule has 2 nitrogen and oxygen atoms in total. The van der Waals surface area contributed by atoms with Crippen LogP contribution in [-0.2, 0) is 11.2 Å². The van der Waals surface area contributed by atoms with Gasteiger partial charge < -0.3 is 4.90 Å². The second kappa shape index (κ2) is 6.01. The largest absolute Gasteiger partial charge is 0.330 e. The summed E-state index contributed by atoms with van der Waals surface area (Å²) in [6.07, 6.45) is 8.35. The number of hydrogen-bond donors (Lipinski definition) is 0. The van der Waals surface area contributed by atoms with Crippen molar-refractivity contribution in [3.05, 3.63) is 56.4 Å². The van der Waals surface area contributed by atoms with E-state index in [2.05, 4.69) is 46.0 Å². The summed E-state index contributed by atoms with van der Waals surface area (Å²) in [7, 11) is 0. The molecule has 3 heterocycles. The van der Waals surface area contributed by atoms with Gasteiger partial charge in [0.2, 0.25) is 5.91 Å². The van der Waals surface area contributed by atoms with Crippen LogP contribution in [-0.4, -0.2) is 17.4 Å². The molecule has 0 aromatic carbocycles. The van der Waals surface area contributed by atoms with Gasteiger partial charge >= 0.3 is 0 Å². The van der Waals surface area contributed by atoms with Crippen LogP contribution in [0.15, 0.2) is 41.1 Å². The van der Waals surface area contributed by atoms with Gasteiger partial charge in [0.1, 0.15) is 0 Å². The summed E-state index contributed by atoms with van der Waals surface area (Å²) in [5, 5.41) is 4.28. The van der Waals surface area contributed by atoms with E-state index in [0.29, 0.717) is 18.2 Å². The molecule has 0 N–H and O–H groups in total. The highest BCUT2D eigenvalue weighted by Crippen LogP contribution is 2.40. The number of carbonyl (C=O) groups excluding carboxylic acids is 1. The highest BCUT2D eigenvalue weighted by atomic mass is 32.1. The average Bonchev–Trinajstić information content (AvgIpc) is 3.27. The molecule has 0 bridgehead atoms. The van der Waals surface area contributed by atoms with Crippen LogP contribution in [0.1, 0.15) is 40.6 Å². The fourth-order valence-electron chi connectivity index (χ4n) is 3.55. The first-order chi connectivity index (χ1) is 10.8. The molecule has 4 heteroatoms. The quantitative estimate of drug-likeness (QED) is 0.751. The third kappa shape index (κ3) is 2.55. The van der Waals surface area contributed by atoms with Crippen molar-refractivity contribution in [2.75, 3.05) is 6.54 Å². The predicted octanol–water partition coefficient (Wildman–Crippen LogP) is 4.64. The Balaban J connectivity index is 1.63. The number of hydrogen-bond acceptors (Lipinski definition) is 3. The zero-order valence-electron chi connectivity index (χ0n) is 12.4. The van der Waals surface area contributed by atoms with Crippen molar-refractivity contribution in [2.45, 2.75) is 31.7 Å². The van der Waals surface area contributed by atoms with Crippen LogP contribution in [0.4, 0.5) is 0 Å². The molecule has 1 aliphatic carbocycles.